The van der Waals surface area contributed by atoms with Crippen molar-refractivity contribution in [3.05, 3.63) is 33.8 Å². The van der Waals surface area contributed by atoms with Gasteiger partial charge in [-0.3, -0.25) is 4.79 Å². The highest BCUT2D eigenvalue weighted by Gasteiger charge is 2.06. The van der Waals surface area contributed by atoms with Gasteiger partial charge in [0.25, 0.3) is 0 Å². The van der Waals surface area contributed by atoms with Crippen molar-refractivity contribution in [2.45, 2.75) is 26.3 Å². The van der Waals surface area contributed by atoms with Crippen LogP contribution in [-0.4, -0.2) is 44.0 Å². The van der Waals surface area contributed by atoms with Crippen molar-refractivity contribution in [3.8, 4) is 0 Å². The van der Waals surface area contributed by atoms with E-state index in [-0.39, 0.29) is 36.4 Å². The van der Waals surface area contributed by atoms with Crippen LogP contribution in [-0.2, 0) is 11.3 Å². The molecule has 0 aromatic heterocycles. The zero-order chi connectivity index (χ0) is 17.2. The lowest BCUT2D eigenvalue weighted by Crippen LogP contribution is -2.43. The van der Waals surface area contributed by atoms with E-state index in [4.69, 9.17) is 23.2 Å². The van der Waals surface area contributed by atoms with E-state index in [9.17, 15) is 4.79 Å². The second kappa shape index (κ2) is 12.6. The number of nitrogens with one attached hydrogen (secondary N) is 2. The second-order valence-electron chi connectivity index (χ2n) is 5.32. The monoisotopic (exact) mass is 486 g/mol. The number of hydrogen-bond donors (Lipinski definition) is 2. The number of amides is 1. The smallest absolute Gasteiger partial charge is 0.241 e. The SMILES string of the molecule is CCCCNC(=NCc1ccc(Cl)cc1Cl)NCC(=O)N(C)C.I. The van der Waals surface area contributed by atoms with Crippen LogP contribution in [0.15, 0.2) is 23.2 Å². The van der Waals surface area contributed by atoms with Crippen LogP contribution in [0.3, 0.4) is 0 Å². The number of hydrogen-bond acceptors (Lipinski definition) is 2. The van der Waals surface area contributed by atoms with Crippen molar-refractivity contribution >= 4 is 59.0 Å². The van der Waals surface area contributed by atoms with Gasteiger partial charge in [0, 0.05) is 30.7 Å². The lowest BCUT2D eigenvalue weighted by molar-refractivity contribution is -0.127. The van der Waals surface area contributed by atoms with E-state index >= 15 is 0 Å². The van der Waals surface area contributed by atoms with Gasteiger partial charge in [-0.25, -0.2) is 4.99 Å². The zero-order valence-electron chi connectivity index (χ0n) is 14.2. The Labute approximate surface area is 171 Å². The number of benzene rings is 1. The fourth-order valence-electron chi connectivity index (χ4n) is 1.69. The number of carbonyl (C=O) groups excluding carboxylic acids is 1. The first-order valence-electron chi connectivity index (χ1n) is 7.60. The molecule has 1 rings (SSSR count). The first kappa shape index (κ1) is 23.3. The van der Waals surface area contributed by atoms with E-state index in [1.54, 1.807) is 26.2 Å². The van der Waals surface area contributed by atoms with Crippen molar-refractivity contribution in [1.82, 2.24) is 15.5 Å². The number of unbranched alkanes of at least 4 members (excludes halogenated alkanes) is 1. The van der Waals surface area contributed by atoms with E-state index in [1.807, 2.05) is 6.07 Å². The highest BCUT2D eigenvalue weighted by Crippen LogP contribution is 2.21. The molecule has 5 nitrogen and oxygen atoms in total. The van der Waals surface area contributed by atoms with Crippen LogP contribution in [0.1, 0.15) is 25.3 Å². The first-order chi connectivity index (χ1) is 10.9. The molecule has 0 fully saturated rings. The van der Waals surface area contributed by atoms with Crippen LogP contribution in [0.2, 0.25) is 10.0 Å². The molecule has 0 spiro atoms. The first-order valence-corrected chi connectivity index (χ1v) is 8.36. The van der Waals surface area contributed by atoms with Crippen LogP contribution in [0.25, 0.3) is 0 Å². The average molecular weight is 487 g/mol. The van der Waals surface area contributed by atoms with Gasteiger partial charge in [0.05, 0.1) is 13.1 Å². The van der Waals surface area contributed by atoms with Gasteiger partial charge >= 0.3 is 0 Å². The summed E-state index contributed by atoms with van der Waals surface area (Å²) < 4.78 is 0. The molecular formula is C16H25Cl2IN4O. The van der Waals surface area contributed by atoms with Gasteiger partial charge in [0.1, 0.15) is 0 Å². The molecule has 0 heterocycles. The molecule has 136 valence electrons. The van der Waals surface area contributed by atoms with Gasteiger partial charge < -0.3 is 15.5 Å². The number of nitrogens with zero attached hydrogens (tertiary/aromatic N) is 2. The summed E-state index contributed by atoms with van der Waals surface area (Å²) in [6.45, 7) is 3.52. The molecule has 0 saturated heterocycles. The van der Waals surface area contributed by atoms with Crippen molar-refractivity contribution in [1.29, 1.82) is 0 Å². The molecule has 0 unspecified atom stereocenters. The van der Waals surface area contributed by atoms with Crippen molar-refractivity contribution in [2.75, 3.05) is 27.2 Å². The van der Waals surface area contributed by atoms with E-state index in [0.717, 1.165) is 24.9 Å². The van der Waals surface area contributed by atoms with Crippen molar-refractivity contribution in [3.63, 3.8) is 0 Å². The Balaban J connectivity index is 0.00000529. The van der Waals surface area contributed by atoms with Gasteiger partial charge in [-0.15, -0.1) is 24.0 Å². The predicted octanol–water partition coefficient (Wildman–Crippen LogP) is 3.53. The minimum atomic E-state index is -0.0143. The normalized spacial score (nSPS) is 10.8. The Hall–Kier alpha value is -0.730. The maximum absolute atomic E-state index is 11.7. The van der Waals surface area contributed by atoms with Gasteiger partial charge in [0.2, 0.25) is 5.91 Å². The third-order valence-electron chi connectivity index (χ3n) is 3.15. The van der Waals surface area contributed by atoms with Gasteiger partial charge in [-0.2, -0.15) is 0 Å². The molecule has 1 aromatic rings. The molecule has 0 aliphatic rings. The number of likely N-dealkylation sites (N-methyl/N-ethyl adjacent to an activating group) is 1. The number of guanidine groups is 1. The van der Waals surface area contributed by atoms with Gasteiger partial charge in [-0.1, -0.05) is 42.6 Å². The van der Waals surface area contributed by atoms with Crippen LogP contribution in [0.4, 0.5) is 0 Å². The van der Waals surface area contributed by atoms with Gasteiger partial charge in [-0.05, 0) is 24.1 Å². The quantitative estimate of drug-likeness (QED) is 0.268. The Bertz CT molecular complexity index is 553. The molecule has 0 atom stereocenters. The van der Waals surface area contributed by atoms with Crippen LogP contribution in [0, 0.1) is 0 Å². The van der Waals surface area contributed by atoms with Crippen LogP contribution >= 0.6 is 47.2 Å². The molecule has 0 radical (unpaired) electrons. The Kier molecular flexibility index (Phi) is 12.2. The number of halogens is 3. The van der Waals surface area contributed by atoms with Crippen LogP contribution in [0.5, 0.6) is 0 Å². The lowest BCUT2D eigenvalue weighted by Gasteiger charge is -2.15. The summed E-state index contributed by atoms with van der Waals surface area (Å²) in [5.41, 5.74) is 0.881. The maximum Gasteiger partial charge on any atom is 0.241 e. The molecule has 2 N–H and O–H groups in total. The molecule has 0 bridgehead atoms. The largest absolute Gasteiger partial charge is 0.356 e. The van der Waals surface area contributed by atoms with Gasteiger partial charge in [0.15, 0.2) is 5.96 Å². The fraction of sp³-hybridized carbons (Fsp3) is 0.500. The van der Waals surface area contributed by atoms with Crippen molar-refractivity contribution in [2.24, 2.45) is 4.99 Å². The number of carbonyl (C=O) groups is 1. The second-order valence-corrected chi connectivity index (χ2v) is 6.17. The third-order valence-corrected chi connectivity index (χ3v) is 3.74. The topological polar surface area (TPSA) is 56.7 Å². The van der Waals surface area contributed by atoms with E-state index < -0.39 is 0 Å². The van der Waals surface area contributed by atoms with E-state index in [1.165, 1.54) is 4.90 Å². The highest BCUT2D eigenvalue weighted by molar-refractivity contribution is 14.0. The summed E-state index contributed by atoms with van der Waals surface area (Å²) in [4.78, 5) is 17.7. The standard InChI is InChI=1S/C16H24Cl2N4O.HI/c1-4-5-8-19-16(21-11-15(23)22(2)3)20-10-12-6-7-13(17)9-14(12)18;/h6-7,9H,4-5,8,10-11H2,1-3H3,(H2,19,20,21);1H. The van der Waals surface area contributed by atoms with E-state index in [2.05, 4.69) is 22.5 Å². The molecular weight excluding hydrogens is 462 g/mol. The Morgan fingerprint density at radius 1 is 1.25 bits per heavy atom. The molecule has 1 aromatic carbocycles. The third kappa shape index (κ3) is 8.94. The Morgan fingerprint density at radius 2 is 1.96 bits per heavy atom. The molecule has 24 heavy (non-hydrogen) atoms. The summed E-state index contributed by atoms with van der Waals surface area (Å²) >= 11 is 12.0. The summed E-state index contributed by atoms with van der Waals surface area (Å²) in [5, 5.41) is 7.43. The predicted molar refractivity (Wildman–Crippen MR) is 113 cm³/mol. The minimum Gasteiger partial charge on any atom is -0.356 e. The molecule has 0 aliphatic carbocycles. The molecule has 0 aliphatic heterocycles. The maximum atomic E-state index is 11.7. The average Bonchev–Trinajstić information content (AvgIpc) is 2.50. The molecule has 0 saturated carbocycles. The number of rotatable bonds is 7. The minimum absolute atomic E-state index is 0. The van der Waals surface area contributed by atoms with E-state index in [0.29, 0.717) is 22.5 Å². The number of aliphatic imine (C=N–C) groups is 1. The highest BCUT2D eigenvalue weighted by atomic mass is 127. The summed E-state index contributed by atoms with van der Waals surface area (Å²) in [6, 6.07) is 5.33. The summed E-state index contributed by atoms with van der Waals surface area (Å²) in [7, 11) is 3.44. The molecule has 8 heteroatoms. The fourth-order valence-corrected chi connectivity index (χ4v) is 2.16. The lowest BCUT2D eigenvalue weighted by atomic mass is 10.2. The summed E-state index contributed by atoms with van der Waals surface area (Å²) in [6.07, 6.45) is 2.12. The summed E-state index contributed by atoms with van der Waals surface area (Å²) in [5.74, 6) is 0.583. The van der Waals surface area contributed by atoms with Crippen molar-refractivity contribution < 1.29 is 4.79 Å². The Morgan fingerprint density at radius 3 is 2.54 bits per heavy atom. The van der Waals surface area contributed by atoms with Crippen LogP contribution < -0.4 is 10.6 Å². The molecule has 1 amide bonds. The zero-order valence-corrected chi connectivity index (χ0v) is 18.1.